The summed E-state index contributed by atoms with van der Waals surface area (Å²) in [6, 6.07) is 9.15. The van der Waals surface area contributed by atoms with Crippen molar-refractivity contribution in [1.82, 2.24) is 15.5 Å². The van der Waals surface area contributed by atoms with Crippen LogP contribution in [0.1, 0.15) is 31.2 Å². The van der Waals surface area contributed by atoms with Crippen LogP contribution in [-0.2, 0) is 4.79 Å². The molecule has 1 aromatic rings. The van der Waals surface area contributed by atoms with Gasteiger partial charge in [0.1, 0.15) is 0 Å². The summed E-state index contributed by atoms with van der Waals surface area (Å²) < 4.78 is 0. The molecule has 7 nitrogen and oxygen atoms in total. The van der Waals surface area contributed by atoms with Gasteiger partial charge in [-0.3, -0.25) is 9.79 Å². The minimum Gasteiger partial charge on any atom is -0.369 e. The van der Waals surface area contributed by atoms with E-state index in [1.165, 1.54) is 11.3 Å². The summed E-state index contributed by atoms with van der Waals surface area (Å²) in [5, 5.41) is 6.99. The number of aryl methyl sites for hydroxylation is 1. The fraction of sp³-hybridized carbons (Fsp3) is 0.636. The van der Waals surface area contributed by atoms with Crippen LogP contribution in [0.3, 0.4) is 0 Å². The average Bonchev–Trinajstić information content (AvgIpc) is 3.19. The van der Waals surface area contributed by atoms with Gasteiger partial charge in [0.05, 0.1) is 5.92 Å². The lowest BCUT2D eigenvalue weighted by Gasteiger charge is -2.31. The molecule has 29 heavy (non-hydrogen) atoms. The first-order valence-corrected chi connectivity index (χ1v) is 10.9. The Kier molecular flexibility index (Phi) is 7.75. The number of benzene rings is 1. The molecule has 0 bridgehead atoms. The van der Waals surface area contributed by atoms with Crippen molar-refractivity contribution in [2.75, 3.05) is 51.2 Å². The van der Waals surface area contributed by atoms with Crippen LogP contribution < -0.4 is 21.3 Å². The number of nitrogens with two attached hydrogens (primary N) is 1. The van der Waals surface area contributed by atoms with Gasteiger partial charge < -0.3 is 26.2 Å². The number of hydrogen-bond acceptors (Lipinski definition) is 4. The molecule has 2 aliphatic heterocycles. The smallest absolute Gasteiger partial charge is 0.221 e. The first kappa shape index (κ1) is 21.4. The topological polar surface area (TPSA) is 86.0 Å². The predicted molar refractivity (Wildman–Crippen MR) is 119 cm³/mol. The van der Waals surface area contributed by atoms with Crippen LogP contribution in [0.5, 0.6) is 0 Å². The highest BCUT2D eigenvalue weighted by atomic mass is 16.1. The largest absolute Gasteiger partial charge is 0.369 e. The second kappa shape index (κ2) is 10.5. The number of aliphatic imine (C=N–C) groups is 1. The van der Waals surface area contributed by atoms with Crippen LogP contribution in [0.2, 0.25) is 0 Å². The van der Waals surface area contributed by atoms with E-state index < -0.39 is 0 Å². The van der Waals surface area contributed by atoms with Gasteiger partial charge in [0.15, 0.2) is 5.96 Å². The number of carbonyl (C=O) groups is 1. The number of anilines is 1. The molecule has 7 heteroatoms. The minimum atomic E-state index is -0.159. The monoisotopic (exact) mass is 400 g/mol. The second-order valence-corrected chi connectivity index (χ2v) is 8.31. The van der Waals surface area contributed by atoms with Crippen molar-refractivity contribution >= 4 is 17.6 Å². The molecule has 160 valence electrons. The highest BCUT2D eigenvalue weighted by Gasteiger charge is 2.24. The van der Waals surface area contributed by atoms with Crippen LogP contribution in [-0.4, -0.2) is 69.1 Å². The van der Waals surface area contributed by atoms with E-state index in [0.717, 1.165) is 70.9 Å². The SMILES string of the molecule is CN=C(NCCCN1CCCC(C(N)=O)C1)NC1CCN(c2ccc(C)cc2)C1. The number of carbonyl (C=O) groups excluding carboxylic acids is 1. The van der Waals surface area contributed by atoms with Crippen LogP contribution in [0.4, 0.5) is 5.69 Å². The molecule has 2 saturated heterocycles. The van der Waals surface area contributed by atoms with Crippen molar-refractivity contribution in [3.63, 3.8) is 0 Å². The van der Waals surface area contributed by atoms with Gasteiger partial charge in [-0.1, -0.05) is 17.7 Å². The Balaban J connectivity index is 1.35. The number of primary amides is 1. The summed E-state index contributed by atoms with van der Waals surface area (Å²) in [5.41, 5.74) is 8.05. The van der Waals surface area contributed by atoms with Gasteiger partial charge in [0, 0.05) is 45.0 Å². The third kappa shape index (κ3) is 6.35. The number of nitrogens with one attached hydrogen (secondary N) is 2. The Labute approximate surface area is 174 Å². The summed E-state index contributed by atoms with van der Waals surface area (Å²) in [6.45, 7) is 7.89. The lowest BCUT2D eigenvalue weighted by atomic mass is 9.97. The number of hydrogen-bond donors (Lipinski definition) is 3. The van der Waals surface area contributed by atoms with Crippen molar-refractivity contribution < 1.29 is 4.79 Å². The molecule has 0 aromatic heterocycles. The maximum absolute atomic E-state index is 11.4. The zero-order chi connectivity index (χ0) is 20.6. The van der Waals surface area contributed by atoms with Gasteiger partial charge in [0.25, 0.3) is 0 Å². The summed E-state index contributed by atoms with van der Waals surface area (Å²) in [6.07, 6.45) is 4.12. The van der Waals surface area contributed by atoms with Gasteiger partial charge >= 0.3 is 0 Å². The Morgan fingerprint density at radius 3 is 2.72 bits per heavy atom. The number of rotatable bonds is 7. The average molecular weight is 401 g/mol. The molecule has 1 aromatic carbocycles. The molecule has 2 unspecified atom stereocenters. The van der Waals surface area contributed by atoms with E-state index >= 15 is 0 Å². The van der Waals surface area contributed by atoms with E-state index in [2.05, 4.69) is 56.6 Å². The molecular formula is C22H36N6O. The molecule has 4 N–H and O–H groups in total. The van der Waals surface area contributed by atoms with Gasteiger partial charge in [-0.15, -0.1) is 0 Å². The third-order valence-electron chi connectivity index (χ3n) is 6.00. The van der Waals surface area contributed by atoms with Crippen molar-refractivity contribution in [3.05, 3.63) is 29.8 Å². The number of piperidine rings is 1. The molecular weight excluding hydrogens is 364 g/mol. The van der Waals surface area contributed by atoms with E-state index in [1.54, 1.807) is 0 Å². The lowest BCUT2D eigenvalue weighted by Crippen LogP contribution is -2.46. The van der Waals surface area contributed by atoms with Crippen LogP contribution >= 0.6 is 0 Å². The van der Waals surface area contributed by atoms with Crippen molar-refractivity contribution in [2.45, 2.75) is 38.6 Å². The van der Waals surface area contributed by atoms with Gasteiger partial charge in [-0.2, -0.15) is 0 Å². The highest BCUT2D eigenvalue weighted by molar-refractivity contribution is 5.80. The maximum Gasteiger partial charge on any atom is 0.221 e. The van der Waals surface area contributed by atoms with Crippen molar-refractivity contribution in [2.24, 2.45) is 16.6 Å². The van der Waals surface area contributed by atoms with Gasteiger partial charge in [-0.05, 0) is 57.8 Å². The summed E-state index contributed by atoms with van der Waals surface area (Å²) in [4.78, 5) is 20.6. The summed E-state index contributed by atoms with van der Waals surface area (Å²) in [5.74, 6) is 0.730. The van der Waals surface area contributed by atoms with Crippen LogP contribution in [0.25, 0.3) is 0 Å². The van der Waals surface area contributed by atoms with Crippen molar-refractivity contribution in [3.8, 4) is 0 Å². The zero-order valence-electron chi connectivity index (χ0n) is 17.9. The first-order valence-electron chi connectivity index (χ1n) is 10.9. The Bertz CT molecular complexity index is 689. The minimum absolute atomic E-state index is 0.0185. The fourth-order valence-corrected chi connectivity index (χ4v) is 4.26. The number of nitrogens with zero attached hydrogens (tertiary/aromatic N) is 3. The number of amides is 1. The molecule has 0 spiro atoms. The normalized spacial score (nSPS) is 23.2. The molecule has 3 rings (SSSR count). The number of likely N-dealkylation sites (tertiary alicyclic amines) is 1. The van der Waals surface area contributed by atoms with E-state index in [1.807, 2.05) is 7.05 Å². The van der Waals surface area contributed by atoms with E-state index in [9.17, 15) is 4.79 Å². The van der Waals surface area contributed by atoms with Gasteiger partial charge in [0.2, 0.25) is 5.91 Å². The molecule has 0 aliphatic carbocycles. The van der Waals surface area contributed by atoms with E-state index in [-0.39, 0.29) is 11.8 Å². The molecule has 2 fully saturated rings. The van der Waals surface area contributed by atoms with Crippen molar-refractivity contribution in [1.29, 1.82) is 0 Å². The molecule has 2 atom stereocenters. The molecule has 2 aliphatic rings. The quantitative estimate of drug-likeness (QED) is 0.365. The molecule has 0 radical (unpaired) electrons. The summed E-state index contributed by atoms with van der Waals surface area (Å²) in [7, 11) is 1.82. The Morgan fingerprint density at radius 2 is 2.00 bits per heavy atom. The highest BCUT2D eigenvalue weighted by Crippen LogP contribution is 2.20. The molecule has 0 saturated carbocycles. The second-order valence-electron chi connectivity index (χ2n) is 8.31. The maximum atomic E-state index is 11.4. The predicted octanol–water partition coefficient (Wildman–Crippen LogP) is 1.33. The Hall–Kier alpha value is -2.28. The standard InChI is InChI=1S/C22H36N6O/c1-17-6-8-20(9-7-17)28-14-10-19(16-28)26-22(24-2)25-11-4-13-27-12-3-5-18(15-27)21(23)29/h6-9,18-19H,3-5,10-16H2,1-2H3,(H2,23,29)(H2,24,25,26). The van der Waals surface area contributed by atoms with Gasteiger partial charge in [-0.25, -0.2) is 0 Å². The Morgan fingerprint density at radius 1 is 1.21 bits per heavy atom. The molecule has 2 heterocycles. The molecule has 1 amide bonds. The van der Waals surface area contributed by atoms with Crippen LogP contribution in [0.15, 0.2) is 29.3 Å². The summed E-state index contributed by atoms with van der Waals surface area (Å²) >= 11 is 0. The third-order valence-corrected chi connectivity index (χ3v) is 6.00. The zero-order valence-corrected chi connectivity index (χ0v) is 17.9. The number of guanidine groups is 1. The lowest BCUT2D eigenvalue weighted by molar-refractivity contribution is -0.123. The van der Waals surface area contributed by atoms with E-state index in [0.29, 0.717) is 6.04 Å². The van der Waals surface area contributed by atoms with E-state index in [4.69, 9.17) is 5.73 Å². The fourth-order valence-electron chi connectivity index (χ4n) is 4.26. The first-order chi connectivity index (χ1) is 14.0. The van der Waals surface area contributed by atoms with Crippen LogP contribution in [0, 0.1) is 12.8 Å².